The van der Waals surface area contributed by atoms with Gasteiger partial charge in [0.15, 0.2) is 17.2 Å². The van der Waals surface area contributed by atoms with Crippen molar-refractivity contribution in [3.63, 3.8) is 0 Å². The molecule has 0 N–H and O–H groups in total. The second-order valence-corrected chi connectivity index (χ2v) is 6.00. The highest BCUT2D eigenvalue weighted by molar-refractivity contribution is 5.67. The molecular weight excluding hydrogens is 338 g/mol. The third-order valence-electron chi connectivity index (χ3n) is 4.34. The first-order valence-electron chi connectivity index (χ1n) is 8.48. The van der Waals surface area contributed by atoms with Crippen LogP contribution in [0.25, 0.3) is 21.7 Å². The Morgan fingerprint density at radius 1 is 1.04 bits per heavy atom. The van der Waals surface area contributed by atoms with Crippen LogP contribution in [-0.4, -0.2) is 16.5 Å². The smallest absolute Gasteiger partial charge is 0.187 e. The third kappa shape index (κ3) is 3.33. The van der Waals surface area contributed by atoms with E-state index in [0.717, 1.165) is 22.5 Å². The lowest BCUT2D eigenvalue weighted by molar-refractivity contribution is 0.284. The molecule has 5 nitrogen and oxygen atoms in total. The van der Waals surface area contributed by atoms with E-state index < -0.39 is 0 Å². The maximum atomic E-state index is 7.00. The van der Waals surface area contributed by atoms with Gasteiger partial charge in [0.25, 0.3) is 0 Å². The minimum Gasteiger partial charge on any atom is -0.493 e. The van der Waals surface area contributed by atoms with Gasteiger partial charge in [-0.3, -0.25) is 4.40 Å². The van der Waals surface area contributed by atoms with Crippen LogP contribution in [0, 0.1) is 6.57 Å². The Balaban J connectivity index is 1.58. The summed E-state index contributed by atoms with van der Waals surface area (Å²) in [5.41, 5.74) is 4.50. The number of hydrogen-bond donors (Lipinski definition) is 0. The van der Waals surface area contributed by atoms with Gasteiger partial charge >= 0.3 is 0 Å². The van der Waals surface area contributed by atoms with E-state index in [-0.39, 0.29) is 0 Å². The molecule has 0 fully saturated rings. The fourth-order valence-corrected chi connectivity index (χ4v) is 2.92. The van der Waals surface area contributed by atoms with Gasteiger partial charge in [0, 0.05) is 11.8 Å². The van der Waals surface area contributed by atoms with Crippen LogP contribution >= 0.6 is 0 Å². The Bertz CT molecular complexity index is 1120. The first-order valence-corrected chi connectivity index (χ1v) is 8.48. The number of methoxy groups -OCH3 is 1. The van der Waals surface area contributed by atoms with Gasteiger partial charge < -0.3 is 9.47 Å². The maximum absolute atomic E-state index is 7.00. The van der Waals surface area contributed by atoms with Crippen LogP contribution in [0.15, 0.2) is 73.1 Å². The average Bonchev–Trinajstić information content (AvgIpc) is 3.16. The van der Waals surface area contributed by atoms with Crippen molar-refractivity contribution in [2.24, 2.45) is 0 Å². The summed E-state index contributed by atoms with van der Waals surface area (Å²) in [5, 5.41) is 0. The van der Waals surface area contributed by atoms with Crippen molar-refractivity contribution in [2.45, 2.75) is 6.61 Å². The van der Waals surface area contributed by atoms with Crippen LogP contribution in [0.1, 0.15) is 5.56 Å². The van der Waals surface area contributed by atoms with Crippen molar-refractivity contribution >= 4 is 11.3 Å². The van der Waals surface area contributed by atoms with E-state index >= 15 is 0 Å². The average molecular weight is 355 g/mol. The highest BCUT2D eigenvalue weighted by Gasteiger charge is 2.11. The normalized spacial score (nSPS) is 10.5. The maximum Gasteiger partial charge on any atom is 0.187 e. The highest BCUT2D eigenvalue weighted by Crippen LogP contribution is 2.33. The Kier molecular flexibility index (Phi) is 4.46. The Morgan fingerprint density at radius 3 is 2.67 bits per heavy atom. The number of hydrogen-bond acceptors (Lipinski definition) is 3. The summed E-state index contributed by atoms with van der Waals surface area (Å²) in [6.45, 7) is 7.41. The van der Waals surface area contributed by atoms with Crippen molar-refractivity contribution in [1.82, 2.24) is 9.38 Å². The zero-order chi connectivity index (χ0) is 18.6. The van der Waals surface area contributed by atoms with Gasteiger partial charge in [-0.25, -0.2) is 9.83 Å². The number of ether oxygens (including phenoxy) is 2. The monoisotopic (exact) mass is 355 g/mol. The molecule has 0 atom stereocenters. The number of fused-ring (bicyclic) bond motifs is 1. The van der Waals surface area contributed by atoms with Crippen LogP contribution in [0.3, 0.4) is 0 Å². The summed E-state index contributed by atoms with van der Waals surface area (Å²) in [6.07, 6.45) is 3.84. The SMILES string of the molecule is [C-]#[N+]c1ccc(COc2ccc(-c3cnc4ccccn34)cc2OC)cc1. The van der Waals surface area contributed by atoms with Crippen LogP contribution < -0.4 is 9.47 Å². The van der Waals surface area contributed by atoms with Gasteiger partial charge in [0.2, 0.25) is 0 Å². The van der Waals surface area contributed by atoms with Gasteiger partial charge in [0.1, 0.15) is 12.3 Å². The van der Waals surface area contributed by atoms with E-state index in [0.29, 0.717) is 23.8 Å². The fraction of sp³-hybridized carbons (Fsp3) is 0.0909. The summed E-state index contributed by atoms with van der Waals surface area (Å²) in [4.78, 5) is 7.83. The van der Waals surface area contributed by atoms with Crippen molar-refractivity contribution in [2.75, 3.05) is 7.11 Å². The molecule has 2 heterocycles. The van der Waals surface area contributed by atoms with E-state index in [1.54, 1.807) is 19.2 Å². The standard InChI is InChI=1S/C22H17N3O2/c1-23-18-9-6-16(7-10-18)15-27-20-11-8-17(13-21(20)26-2)19-14-24-22-5-3-4-12-25(19)22/h3-14H,15H2,2H3. The molecule has 0 saturated heterocycles. The van der Waals surface area contributed by atoms with Gasteiger partial charge in [-0.1, -0.05) is 30.3 Å². The van der Waals surface area contributed by atoms with Crippen LogP contribution in [0.2, 0.25) is 0 Å². The molecule has 0 spiro atoms. The van der Waals surface area contributed by atoms with E-state index in [1.807, 2.05) is 65.3 Å². The molecule has 0 amide bonds. The molecule has 0 saturated carbocycles. The Hall–Kier alpha value is -3.78. The van der Waals surface area contributed by atoms with E-state index in [2.05, 4.69) is 9.83 Å². The van der Waals surface area contributed by atoms with Crippen molar-refractivity contribution in [1.29, 1.82) is 0 Å². The van der Waals surface area contributed by atoms with Crippen LogP contribution in [0.5, 0.6) is 11.5 Å². The lowest BCUT2D eigenvalue weighted by atomic mass is 10.1. The van der Waals surface area contributed by atoms with Gasteiger partial charge in [0.05, 0.1) is 25.6 Å². The van der Waals surface area contributed by atoms with Crippen LogP contribution in [-0.2, 0) is 6.61 Å². The molecule has 0 bridgehead atoms. The zero-order valence-corrected chi connectivity index (χ0v) is 14.8. The minimum absolute atomic E-state index is 0.406. The second-order valence-electron chi connectivity index (χ2n) is 6.00. The molecule has 4 rings (SSSR count). The molecule has 0 aliphatic heterocycles. The van der Waals surface area contributed by atoms with Crippen molar-refractivity contribution in [3.05, 3.63) is 90.0 Å². The number of pyridine rings is 1. The first kappa shape index (κ1) is 16.7. The molecule has 0 radical (unpaired) electrons. The topological polar surface area (TPSA) is 40.1 Å². The molecule has 5 heteroatoms. The molecule has 132 valence electrons. The van der Waals surface area contributed by atoms with Crippen LogP contribution in [0.4, 0.5) is 5.69 Å². The van der Waals surface area contributed by atoms with E-state index in [9.17, 15) is 0 Å². The second kappa shape index (κ2) is 7.22. The summed E-state index contributed by atoms with van der Waals surface area (Å²) in [6, 6.07) is 19.1. The number of rotatable bonds is 5. The molecule has 0 aliphatic rings. The van der Waals surface area contributed by atoms with Crippen molar-refractivity contribution in [3.8, 4) is 22.8 Å². The fourth-order valence-electron chi connectivity index (χ4n) is 2.92. The molecular formula is C22H17N3O2. The number of aromatic nitrogens is 2. The largest absolute Gasteiger partial charge is 0.493 e. The summed E-state index contributed by atoms with van der Waals surface area (Å²) >= 11 is 0. The molecule has 2 aromatic heterocycles. The molecule has 0 aliphatic carbocycles. The predicted molar refractivity (Wildman–Crippen MR) is 104 cm³/mol. The van der Waals surface area contributed by atoms with E-state index in [1.165, 1.54) is 0 Å². The lowest BCUT2D eigenvalue weighted by Crippen LogP contribution is -1.98. The van der Waals surface area contributed by atoms with E-state index in [4.69, 9.17) is 16.0 Å². The highest BCUT2D eigenvalue weighted by atomic mass is 16.5. The third-order valence-corrected chi connectivity index (χ3v) is 4.34. The lowest BCUT2D eigenvalue weighted by Gasteiger charge is -2.12. The molecule has 0 unspecified atom stereocenters. The number of nitrogens with zero attached hydrogens (tertiary/aromatic N) is 3. The van der Waals surface area contributed by atoms with Gasteiger partial charge in [-0.15, -0.1) is 0 Å². The van der Waals surface area contributed by atoms with Crippen molar-refractivity contribution < 1.29 is 9.47 Å². The summed E-state index contributed by atoms with van der Waals surface area (Å²) in [5.74, 6) is 1.33. The quantitative estimate of drug-likeness (QED) is 0.465. The number of imidazole rings is 1. The molecule has 27 heavy (non-hydrogen) atoms. The predicted octanol–water partition coefficient (Wildman–Crippen LogP) is 5.14. The zero-order valence-electron chi connectivity index (χ0n) is 14.8. The summed E-state index contributed by atoms with van der Waals surface area (Å²) in [7, 11) is 1.63. The number of benzene rings is 2. The molecule has 2 aromatic carbocycles. The van der Waals surface area contributed by atoms with Gasteiger partial charge in [-0.05, 0) is 35.9 Å². The minimum atomic E-state index is 0.406. The Labute approximate surface area is 157 Å². The van der Waals surface area contributed by atoms with Gasteiger partial charge in [-0.2, -0.15) is 0 Å². The molecule has 4 aromatic rings. The summed E-state index contributed by atoms with van der Waals surface area (Å²) < 4.78 is 13.5. The first-order chi connectivity index (χ1) is 13.3. The Morgan fingerprint density at radius 2 is 1.89 bits per heavy atom.